The molecule has 0 saturated heterocycles. The lowest BCUT2D eigenvalue weighted by Crippen LogP contribution is -2.25. The van der Waals surface area contributed by atoms with Gasteiger partial charge in [-0.15, -0.1) is 18.3 Å². The van der Waals surface area contributed by atoms with Crippen LogP contribution in [0.25, 0.3) is 11.4 Å². The number of aromatic amines is 1. The van der Waals surface area contributed by atoms with Gasteiger partial charge in [-0.1, -0.05) is 41.6 Å². The smallest absolute Gasteiger partial charge is 0.496 e. The van der Waals surface area contributed by atoms with E-state index in [1.54, 1.807) is 24.3 Å². The molecule has 164 valence electrons. The number of carbonyl (C=O) groups is 1. The third kappa shape index (κ3) is 6.53. The number of para-hydroxylation sites is 1. The summed E-state index contributed by atoms with van der Waals surface area (Å²) in [7, 11) is 1.51. The third-order valence-electron chi connectivity index (χ3n) is 3.89. The summed E-state index contributed by atoms with van der Waals surface area (Å²) in [6.45, 7) is -0.120. The molecule has 2 aromatic carbocycles. The minimum absolute atomic E-state index is 0.0354. The number of aromatic nitrogens is 3. The number of nitrogens with zero attached hydrogens (tertiary/aromatic N) is 2. The first-order chi connectivity index (χ1) is 14.7. The van der Waals surface area contributed by atoms with Crippen molar-refractivity contribution in [2.75, 3.05) is 12.9 Å². The van der Waals surface area contributed by atoms with Crippen molar-refractivity contribution in [2.45, 2.75) is 18.1 Å². The summed E-state index contributed by atoms with van der Waals surface area (Å²) in [5.74, 6) is 0.164. The first-order valence-corrected chi connectivity index (χ1v) is 10.1. The van der Waals surface area contributed by atoms with E-state index in [2.05, 4.69) is 25.2 Å². The summed E-state index contributed by atoms with van der Waals surface area (Å²) in [5.41, 5.74) is 0.812. The summed E-state index contributed by atoms with van der Waals surface area (Å²) in [6.07, 6.45) is -4.81. The number of H-pyrrole nitrogens is 1. The van der Waals surface area contributed by atoms with Gasteiger partial charge in [-0.3, -0.25) is 9.89 Å². The first kappa shape index (κ1) is 22.8. The van der Waals surface area contributed by atoms with Gasteiger partial charge in [0.15, 0.2) is 5.82 Å². The van der Waals surface area contributed by atoms with Crippen LogP contribution in [0.3, 0.4) is 0 Å². The Morgan fingerprint density at radius 1 is 1.23 bits per heavy atom. The minimum atomic E-state index is -4.81. The Labute approximate surface area is 184 Å². The number of halogens is 4. The van der Waals surface area contributed by atoms with Crippen molar-refractivity contribution in [2.24, 2.45) is 0 Å². The summed E-state index contributed by atoms with van der Waals surface area (Å²) in [5, 5.41) is 10.2. The van der Waals surface area contributed by atoms with Crippen molar-refractivity contribution in [3.05, 3.63) is 53.1 Å². The molecule has 0 atom stereocenters. The van der Waals surface area contributed by atoms with Crippen LogP contribution in [-0.2, 0) is 11.3 Å². The van der Waals surface area contributed by atoms with Crippen LogP contribution in [0.1, 0.15) is 5.56 Å². The Bertz CT molecular complexity index is 1060. The molecule has 0 fully saturated rings. The van der Waals surface area contributed by atoms with Crippen molar-refractivity contribution in [3.8, 4) is 22.9 Å². The monoisotopic (exact) mass is 472 g/mol. The number of hydrogen-bond acceptors (Lipinski definition) is 6. The van der Waals surface area contributed by atoms with Crippen LogP contribution in [0.15, 0.2) is 47.6 Å². The highest BCUT2D eigenvalue weighted by atomic mass is 35.5. The molecule has 0 radical (unpaired) electrons. The van der Waals surface area contributed by atoms with E-state index in [-0.39, 0.29) is 23.6 Å². The third-order valence-corrected chi connectivity index (χ3v) is 4.97. The zero-order valence-corrected chi connectivity index (χ0v) is 17.6. The number of carbonyl (C=O) groups excluding carboxylic acids is 1. The van der Waals surface area contributed by atoms with E-state index in [4.69, 9.17) is 16.3 Å². The SMILES string of the molecule is COc1ccc(Cl)cc1-c1nc(SCC(=O)NCc2ccccc2OC(F)(F)F)n[nH]1. The molecule has 31 heavy (non-hydrogen) atoms. The number of hydrogen-bond donors (Lipinski definition) is 2. The fourth-order valence-corrected chi connectivity index (χ4v) is 3.35. The predicted octanol–water partition coefficient (Wildman–Crippen LogP) is 4.44. The van der Waals surface area contributed by atoms with Crippen LogP contribution < -0.4 is 14.8 Å². The molecule has 1 amide bonds. The fraction of sp³-hybridized carbons (Fsp3) is 0.211. The van der Waals surface area contributed by atoms with Gasteiger partial charge >= 0.3 is 6.36 Å². The van der Waals surface area contributed by atoms with Crippen LogP contribution in [-0.4, -0.2) is 40.3 Å². The topological polar surface area (TPSA) is 89.1 Å². The lowest BCUT2D eigenvalue weighted by atomic mass is 10.2. The number of rotatable bonds is 8. The quantitative estimate of drug-likeness (QED) is 0.471. The highest BCUT2D eigenvalue weighted by molar-refractivity contribution is 7.99. The maximum atomic E-state index is 12.5. The average molecular weight is 473 g/mol. The van der Waals surface area contributed by atoms with Gasteiger partial charge in [0, 0.05) is 17.1 Å². The van der Waals surface area contributed by atoms with Crippen LogP contribution in [0.5, 0.6) is 11.5 Å². The van der Waals surface area contributed by atoms with Crippen LogP contribution >= 0.6 is 23.4 Å². The normalized spacial score (nSPS) is 11.3. The standard InChI is InChI=1S/C19H16ClF3N4O3S/c1-29-15-7-6-12(20)8-13(15)17-25-18(27-26-17)31-10-16(28)24-9-11-4-2-3-5-14(11)30-19(21,22)23/h2-8H,9-10H2,1H3,(H,24,28)(H,25,26,27). The number of nitrogens with one attached hydrogen (secondary N) is 2. The Morgan fingerprint density at radius 3 is 2.74 bits per heavy atom. The van der Waals surface area contributed by atoms with Gasteiger partial charge in [-0.25, -0.2) is 4.98 Å². The minimum Gasteiger partial charge on any atom is -0.496 e. The molecule has 0 spiro atoms. The average Bonchev–Trinajstić information content (AvgIpc) is 3.19. The molecule has 12 heteroatoms. The predicted molar refractivity (Wildman–Crippen MR) is 109 cm³/mol. The van der Waals surface area contributed by atoms with Crippen LogP contribution in [0, 0.1) is 0 Å². The first-order valence-electron chi connectivity index (χ1n) is 8.74. The maximum Gasteiger partial charge on any atom is 0.573 e. The van der Waals surface area contributed by atoms with Crippen molar-refractivity contribution < 1.29 is 27.4 Å². The van der Waals surface area contributed by atoms with E-state index < -0.39 is 12.3 Å². The molecule has 1 heterocycles. The largest absolute Gasteiger partial charge is 0.573 e. The Balaban J connectivity index is 1.57. The molecule has 0 aliphatic carbocycles. The maximum absolute atomic E-state index is 12.5. The van der Waals surface area contributed by atoms with Crippen molar-refractivity contribution in [1.29, 1.82) is 0 Å². The lowest BCUT2D eigenvalue weighted by Gasteiger charge is -2.13. The highest BCUT2D eigenvalue weighted by Crippen LogP contribution is 2.31. The molecule has 3 aromatic rings. The Morgan fingerprint density at radius 2 is 2.00 bits per heavy atom. The second-order valence-electron chi connectivity index (χ2n) is 6.03. The second kappa shape index (κ2) is 9.92. The van der Waals surface area contributed by atoms with E-state index in [1.807, 2.05) is 0 Å². The number of alkyl halides is 3. The summed E-state index contributed by atoms with van der Waals surface area (Å²) in [6, 6.07) is 10.6. The van der Waals surface area contributed by atoms with Crippen LogP contribution in [0.2, 0.25) is 5.02 Å². The molecule has 0 aliphatic heterocycles. The number of methoxy groups -OCH3 is 1. The number of amides is 1. The summed E-state index contributed by atoms with van der Waals surface area (Å²) in [4.78, 5) is 16.4. The molecule has 2 N–H and O–H groups in total. The number of ether oxygens (including phenoxy) is 2. The van der Waals surface area contributed by atoms with Gasteiger partial charge in [0.05, 0.1) is 18.4 Å². The molecule has 1 aromatic heterocycles. The lowest BCUT2D eigenvalue weighted by molar-refractivity contribution is -0.274. The molecule has 0 saturated carbocycles. The fourth-order valence-electron chi connectivity index (χ4n) is 2.55. The molecular weight excluding hydrogens is 457 g/mol. The van der Waals surface area contributed by atoms with Gasteiger partial charge < -0.3 is 14.8 Å². The van der Waals surface area contributed by atoms with Crippen molar-refractivity contribution >= 4 is 29.3 Å². The number of benzene rings is 2. The van der Waals surface area contributed by atoms with E-state index in [0.717, 1.165) is 11.8 Å². The van der Waals surface area contributed by atoms with E-state index in [9.17, 15) is 18.0 Å². The number of thioether (sulfide) groups is 1. The van der Waals surface area contributed by atoms with Gasteiger partial charge in [0.25, 0.3) is 0 Å². The zero-order valence-electron chi connectivity index (χ0n) is 16.0. The Hall–Kier alpha value is -2.92. The summed E-state index contributed by atoms with van der Waals surface area (Å²) < 4.78 is 46.7. The molecule has 0 aliphatic rings. The highest BCUT2D eigenvalue weighted by Gasteiger charge is 2.32. The van der Waals surface area contributed by atoms with E-state index in [1.165, 1.54) is 25.3 Å². The van der Waals surface area contributed by atoms with E-state index >= 15 is 0 Å². The molecular formula is C19H16ClF3N4O3S. The van der Waals surface area contributed by atoms with Gasteiger partial charge in [0.1, 0.15) is 11.5 Å². The molecule has 3 rings (SSSR count). The second-order valence-corrected chi connectivity index (χ2v) is 7.41. The van der Waals surface area contributed by atoms with Crippen molar-refractivity contribution in [1.82, 2.24) is 20.5 Å². The van der Waals surface area contributed by atoms with Gasteiger partial charge in [-0.05, 0) is 24.3 Å². The van der Waals surface area contributed by atoms with Gasteiger partial charge in [-0.2, -0.15) is 0 Å². The Kier molecular flexibility index (Phi) is 7.29. The molecule has 0 unspecified atom stereocenters. The van der Waals surface area contributed by atoms with Gasteiger partial charge in [0.2, 0.25) is 11.1 Å². The molecule has 7 nitrogen and oxygen atoms in total. The van der Waals surface area contributed by atoms with E-state index in [0.29, 0.717) is 27.3 Å². The zero-order chi connectivity index (χ0) is 22.4. The van der Waals surface area contributed by atoms with Crippen molar-refractivity contribution in [3.63, 3.8) is 0 Å². The summed E-state index contributed by atoms with van der Waals surface area (Å²) >= 11 is 7.08. The van der Waals surface area contributed by atoms with Crippen LogP contribution in [0.4, 0.5) is 13.2 Å². The molecule has 0 bridgehead atoms.